The van der Waals surface area contributed by atoms with Crippen molar-refractivity contribution in [2.45, 2.75) is 6.54 Å². The first-order valence-electron chi connectivity index (χ1n) is 6.03. The van der Waals surface area contributed by atoms with Gasteiger partial charge in [0.15, 0.2) is 0 Å². The Hall–Kier alpha value is -2.41. The number of hydrogen-bond acceptors (Lipinski definition) is 5. The van der Waals surface area contributed by atoms with Gasteiger partial charge in [-0.2, -0.15) is 5.10 Å². The second-order valence-corrected chi connectivity index (χ2v) is 4.58. The highest BCUT2D eigenvalue weighted by Gasteiger charge is 2.13. The van der Waals surface area contributed by atoms with Crippen LogP contribution in [0.15, 0.2) is 24.4 Å². The predicted octanol–water partition coefficient (Wildman–Crippen LogP) is 1.77. The van der Waals surface area contributed by atoms with Crippen molar-refractivity contribution < 1.29 is 14.3 Å². The highest BCUT2D eigenvalue weighted by atomic mass is 35.5. The van der Waals surface area contributed by atoms with Crippen LogP contribution >= 0.6 is 11.6 Å². The number of nitrogen functional groups attached to an aromatic ring is 1. The van der Waals surface area contributed by atoms with Gasteiger partial charge in [-0.05, 0) is 12.1 Å². The van der Waals surface area contributed by atoms with Crippen LogP contribution < -0.4 is 20.5 Å². The van der Waals surface area contributed by atoms with Gasteiger partial charge in [0.2, 0.25) is 5.91 Å². The van der Waals surface area contributed by atoms with Crippen LogP contribution in [0.1, 0.15) is 0 Å². The molecule has 0 aliphatic rings. The molecule has 2 aromatic rings. The van der Waals surface area contributed by atoms with Gasteiger partial charge in [-0.25, -0.2) is 0 Å². The molecular weight excluding hydrogens is 296 g/mol. The Bertz CT molecular complexity index is 657. The number of amides is 1. The third-order valence-electron chi connectivity index (χ3n) is 2.71. The standard InChI is InChI=1S/C13H15ClN4O3/c1-20-10-6-11(21-2)9(5-8(10)14)16-13(19)7-18-4-3-12(15)17-18/h3-6H,7H2,1-2H3,(H2,15,17)(H,16,19). The lowest BCUT2D eigenvalue weighted by atomic mass is 10.2. The van der Waals surface area contributed by atoms with Crippen molar-refractivity contribution in [1.29, 1.82) is 0 Å². The smallest absolute Gasteiger partial charge is 0.246 e. The molecule has 0 spiro atoms. The monoisotopic (exact) mass is 310 g/mol. The van der Waals surface area contributed by atoms with E-state index < -0.39 is 0 Å². The predicted molar refractivity (Wildman–Crippen MR) is 79.8 cm³/mol. The van der Waals surface area contributed by atoms with Gasteiger partial charge < -0.3 is 20.5 Å². The first-order chi connectivity index (χ1) is 10.0. The number of nitrogens with zero attached hydrogens (tertiary/aromatic N) is 2. The molecule has 112 valence electrons. The summed E-state index contributed by atoms with van der Waals surface area (Å²) in [4.78, 5) is 12.0. The van der Waals surface area contributed by atoms with E-state index in [4.69, 9.17) is 26.8 Å². The van der Waals surface area contributed by atoms with Crippen molar-refractivity contribution in [2.75, 3.05) is 25.3 Å². The number of methoxy groups -OCH3 is 2. The second kappa shape index (κ2) is 6.36. The van der Waals surface area contributed by atoms with Crippen LogP contribution in [0.3, 0.4) is 0 Å². The van der Waals surface area contributed by atoms with E-state index in [1.165, 1.54) is 18.9 Å². The molecule has 1 amide bonds. The van der Waals surface area contributed by atoms with Gasteiger partial charge in [-0.1, -0.05) is 11.6 Å². The molecule has 0 saturated carbocycles. The van der Waals surface area contributed by atoms with Gasteiger partial charge in [0.1, 0.15) is 23.9 Å². The van der Waals surface area contributed by atoms with Crippen LogP contribution in [0, 0.1) is 0 Å². The Morgan fingerprint density at radius 2 is 2.10 bits per heavy atom. The van der Waals surface area contributed by atoms with Crippen LogP contribution in [-0.4, -0.2) is 29.9 Å². The van der Waals surface area contributed by atoms with E-state index in [2.05, 4.69) is 10.4 Å². The first kappa shape index (κ1) is 15.0. The molecule has 0 radical (unpaired) electrons. The molecule has 8 heteroatoms. The Balaban J connectivity index is 2.14. The lowest BCUT2D eigenvalue weighted by Gasteiger charge is -2.13. The molecule has 2 rings (SSSR count). The van der Waals surface area contributed by atoms with Crippen molar-refractivity contribution in [2.24, 2.45) is 0 Å². The molecule has 21 heavy (non-hydrogen) atoms. The number of nitrogens with one attached hydrogen (secondary N) is 1. The molecule has 0 bridgehead atoms. The summed E-state index contributed by atoms with van der Waals surface area (Å²) in [6, 6.07) is 4.77. The number of ether oxygens (including phenoxy) is 2. The molecule has 0 aliphatic heterocycles. The van der Waals surface area contributed by atoms with Crippen LogP contribution in [0.25, 0.3) is 0 Å². The molecule has 3 N–H and O–H groups in total. The second-order valence-electron chi connectivity index (χ2n) is 4.17. The molecule has 0 aliphatic carbocycles. The summed E-state index contributed by atoms with van der Waals surface area (Å²) < 4.78 is 11.7. The fourth-order valence-electron chi connectivity index (χ4n) is 1.76. The van der Waals surface area contributed by atoms with E-state index in [1.807, 2.05) is 0 Å². The SMILES string of the molecule is COc1cc(OC)c(NC(=O)Cn2ccc(N)n2)cc1Cl. The Kier molecular flexibility index (Phi) is 4.54. The summed E-state index contributed by atoms with van der Waals surface area (Å²) in [5.41, 5.74) is 5.94. The van der Waals surface area contributed by atoms with Crippen molar-refractivity contribution in [3.05, 3.63) is 29.4 Å². The minimum absolute atomic E-state index is 0.0317. The van der Waals surface area contributed by atoms with Crippen LogP contribution in [-0.2, 0) is 11.3 Å². The third kappa shape index (κ3) is 3.57. The minimum atomic E-state index is -0.280. The lowest BCUT2D eigenvalue weighted by molar-refractivity contribution is -0.116. The van der Waals surface area contributed by atoms with Gasteiger partial charge in [0.25, 0.3) is 0 Å². The van der Waals surface area contributed by atoms with Gasteiger partial charge in [-0.15, -0.1) is 0 Å². The zero-order chi connectivity index (χ0) is 15.4. The average Bonchev–Trinajstić information content (AvgIpc) is 2.84. The van der Waals surface area contributed by atoms with Crippen molar-refractivity contribution in [3.8, 4) is 11.5 Å². The van der Waals surface area contributed by atoms with Crippen LogP contribution in [0.4, 0.5) is 11.5 Å². The van der Waals surface area contributed by atoms with Crippen molar-refractivity contribution in [3.63, 3.8) is 0 Å². The van der Waals surface area contributed by atoms with Gasteiger partial charge >= 0.3 is 0 Å². The van der Waals surface area contributed by atoms with E-state index >= 15 is 0 Å². The molecule has 0 atom stereocenters. The zero-order valence-electron chi connectivity index (χ0n) is 11.6. The molecule has 0 unspecified atom stereocenters. The Morgan fingerprint density at radius 1 is 1.38 bits per heavy atom. The molecule has 1 aromatic heterocycles. The number of carbonyl (C=O) groups is 1. The average molecular weight is 311 g/mol. The lowest BCUT2D eigenvalue weighted by Crippen LogP contribution is -2.19. The summed E-state index contributed by atoms with van der Waals surface area (Å²) in [5, 5.41) is 7.01. The number of carbonyl (C=O) groups excluding carboxylic acids is 1. The number of anilines is 2. The number of halogens is 1. The molecule has 1 aromatic carbocycles. The quantitative estimate of drug-likeness (QED) is 0.878. The molecule has 0 fully saturated rings. The number of hydrogen-bond donors (Lipinski definition) is 2. The summed E-state index contributed by atoms with van der Waals surface area (Å²) in [6.45, 7) is 0.0317. The van der Waals surface area contributed by atoms with Crippen molar-refractivity contribution >= 4 is 29.0 Å². The number of rotatable bonds is 5. The molecule has 1 heterocycles. The fourth-order valence-corrected chi connectivity index (χ4v) is 2.00. The molecule has 7 nitrogen and oxygen atoms in total. The summed E-state index contributed by atoms with van der Waals surface area (Å²) in [7, 11) is 2.99. The highest BCUT2D eigenvalue weighted by molar-refractivity contribution is 6.32. The summed E-state index contributed by atoms with van der Waals surface area (Å²) in [5.74, 6) is 0.987. The van der Waals surface area contributed by atoms with Gasteiger partial charge in [0.05, 0.1) is 24.9 Å². The fraction of sp³-hybridized carbons (Fsp3) is 0.231. The third-order valence-corrected chi connectivity index (χ3v) is 3.01. The number of benzene rings is 1. The van der Waals surface area contributed by atoms with E-state index in [0.717, 1.165) is 0 Å². The topological polar surface area (TPSA) is 91.4 Å². The summed E-state index contributed by atoms with van der Waals surface area (Å²) in [6.07, 6.45) is 1.62. The Labute approximate surface area is 126 Å². The Morgan fingerprint density at radius 3 is 2.67 bits per heavy atom. The molecule has 0 saturated heterocycles. The highest BCUT2D eigenvalue weighted by Crippen LogP contribution is 2.35. The summed E-state index contributed by atoms with van der Waals surface area (Å²) >= 11 is 6.04. The largest absolute Gasteiger partial charge is 0.495 e. The number of aromatic nitrogens is 2. The van der Waals surface area contributed by atoms with Gasteiger partial charge in [-0.3, -0.25) is 9.48 Å². The van der Waals surface area contributed by atoms with Gasteiger partial charge in [0, 0.05) is 12.3 Å². The first-order valence-corrected chi connectivity index (χ1v) is 6.41. The van der Waals surface area contributed by atoms with Crippen LogP contribution in [0.2, 0.25) is 5.02 Å². The maximum absolute atomic E-state index is 12.0. The van der Waals surface area contributed by atoms with E-state index in [9.17, 15) is 4.79 Å². The van der Waals surface area contributed by atoms with Crippen LogP contribution in [0.5, 0.6) is 11.5 Å². The number of nitrogens with two attached hydrogens (primary N) is 1. The van der Waals surface area contributed by atoms with E-state index in [-0.39, 0.29) is 12.5 Å². The van der Waals surface area contributed by atoms with E-state index in [1.54, 1.807) is 24.4 Å². The van der Waals surface area contributed by atoms with Crippen molar-refractivity contribution in [1.82, 2.24) is 9.78 Å². The maximum atomic E-state index is 12.0. The maximum Gasteiger partial charge on any atom is 0.246 e. The molecular formula is C13H15ClN4O3. The normalized spacial score (nSPS) is 10.2. The van der Waals surface area contributed by atoms with E-state index in [0.29, 0.717) is 28.0 Å². The zero-order valence-corrected chi connectivity index (χ0v) is 12.3. The minimum Gasteiger partial charge on any atom is -0.495 e.